The molecule has 0 amide bonds. The van der Waals surface area contributed by atoms with Crippen molar-refractivity contribution in [2.45, 2.75) is 33.6 Å². The van der Waals surface area contributed by atoms with Gasteiger partial charge in [-0.05, 0) is 23.6 Å². The maximum Gasteiger partial charge on any atom is 0.203 e. The minimum atomic E-state index is -0.322. The van der Waals surface area contributed by atoms with Crippen LogP contribution in [0.1, 0.15) is 31.9 Å². The quantitative estimate of drug-likeness (QED) is 0.727. The van der Waals surface area contributed by atoms with Gasteiger partial charge in [-0.2, -0.15) is 0 Å². The monoisotopic (exact) mass is 248 g/mol. The molecule has 0 unspecified atom stereocenters. The number of hydrogen-bond donors (Lipinski definition) is 0. The smallest absolute Gasteiger partial charge is 0.203 e. The third-order valence-corrected chi connectivity index (χ3v) is 2.89. The summed E-state index contributed by atoms with van der Waals surface area (Å²) in [5.74, 6) is -0.0358. The Hall–Kier alpha value is -1.64. The molecular weight excluding hydrogens is 228 g/mol. The average Bonchev–Trinajstić information content (AvgIpc) is 2.37. The number of ketones is 2. The van der Waals surface area contributed by atoms with Crippen molar-refractivity contribution in [1.29, 1.82) is 0 Å². The van der Waals surface area contributed by atoms with Crippen LogP contribution in [0.3, 0.4) is 0 Å². The Bertz CT molecular complexity index is 447. The lowest BCUT2D eigenvalue weighted by molar-refractivity contribution is -0.138. The molecule has 0 aliphatic heterocycles. The summed E-state index contributed by atoms with van der Waals surface area (Å²) >= 11 is 0. The van der Waals surface area contributed by atoms with Crippen LogP contribution in [0.4, 0.5) is 0 Å². The number of hydrogen-bond acceptors (Lipinski definition) is 3. The predicted octanol–water partition coefficient (Wildman–Crippen LogP) is 2.59. The van der Waals surface area contributed by atoms with Crippen molar-refractivity contribution >= 4 is 11.6 Å². The third-order valence-electron chi connectivity index (χ3n) is 2.89. The van der Waals surface area contributed by atoms with Crippen molar-refractivity contribution in [1.82, 2.24) is 0 Å². The van der Waals surface area contributed by atoms with E-state index in [4.69, 9.17) is 4.74 Å². The number of rotatable bonds is 6. The summed E-state index contributed by atoms with van der Waals surface area (Å²) in [4.78, 5) is 23.3. The average molecular weight is 248 g/mol. The first-order valence-corrected chi connectivity index (χ1v) is 6.22. The topological polar surface area (TPSA) is 43.4 Å². The number of carbonyl (C=O) groups is 2. The molecule has 1 aromatic rings. The van der Waals surface area contributed by atoms with Gasteiger partial charge in [0.25, 0.3) is 0 Å². The summed E-state index contributed by atoms with van der Waals surface area (Å²) in [6, 6.07) is 5.62. The maximum atomic E-state index is 11.7. The van der Waals surface area contributed by atoms with Gasteiger partial charge in [-0.15, -0.1) is 0 Å². The Morgan fingerprint density at radius 1 is 1.28 bits per heavy atom. The first-order valence-electron chi connectivity index (χ1n) is 6.22. The van der Waals surface area contributed by atoms with Crippen molar-refractivity contribution in [3.63, 3.8) is 0 Å². The van der Waals surface area contributed by atoms with E-state index in [2.05, 4.69) is 0 Å². The Kier molecular flexibility index (Phi) is 5.08. The summed E-state index contributed by atoms with van der Waals surface area (Å²) in [6.45, 7) is 5.51. The van der Waals surface area contributed by atoms with Gasteiger partial charge in [0.05, 0.1) is 7.11 Å². The van der Waals surface area contributed by atoms with Crippen molar-refractivity contribution < 1.29 is 14.3 Å². The fraction of sp³-hybridized carbons (Fsp3) is 0.467. The first-order chi connectivity index (χ1) is 8.49. The molecule has 0 saturated heterocycles. The van der Waals surface area contributed by atoms with E-state index in [0.717, 1.165) is 23.3 Å². The molecule has 0 aromatic heterocycles. The zero-order valence-electron chi connectivity index (χ0n) is 11.4. The zero-order valence-corrected chi connectivity index (χ0v) is 11.4. The lowest BCUT2D eigenvalue weighted by Gasteiger charge is -2.09. The van der Waals surface area contributed by atoms with Gasteiger partial charge in [0.15, 0.2) is 0 Å². The third kappa shape index (κ3) is 3.42. The van der Waals surface area contributed by atoms with Crippen molar-refractivity contribution in [3.8, 4) is 5.75 Å². The van der Waals surface area contributed by atoms with Crippen LogP contribution in [-0.4, -0.2) is 18.7 Å². The predicted molar refractivity (Wildman–Crippen MR) is 70.9 cm³/mol. The van der Waals surface area contributed by atoms with Crippen LogP contribution in [0.25, 0.3) is 0 Å². The molecule has 0 bridgehead atoms. The Morgan fingerprint density at radius 3 is 2.44 bits per heavy atom. The molecule has 0 heterocycles. The largest absolute Gasteiger partial charge is 0.496 e. The number of carbonyl (C=O) groups excluding carboxylic acids is 2. The molecule has 0 aliphatic carbocycles. The maximum absolute atomic E-state index is 11.7. The van der Waals surface area contributed by atoms with Gasteiger partial charge >= 0.3 is 0 Å². The summed E-state index contributed by atoms with van der Waals surface area (Å²) in [5, 5.41) is 0. The summed E-state index contributed by atoms with van der Waals surface area (Å²) in [6.07, 6.45) is 1.01. The molecule has 1 aromatic carbocycles. The van der Waals surface area contributed by atoms with E-state index in [1.165, 1.54) is 0 Å². The van der Waals surface area contributed by atoms with E-state index in [1.54, 1.807) is 21.0 Å². The lowest BCUT2D eigenvalue weighted by Crippen LogP contribution is -2.21. The van der Waals surface area contributed by atoms with Crippen LogP contribution in [0, 0.1) is 5.92 Å². The van der Waals surface area contributed by atoms with Crippen molar-refractivity contribution in [3.05, 3.63) is 29.3 Å². The lowest BCUT2D eigenvalue weighted by atomic mass is 9.98. The number of methoxy groups -OCH3 is 1. The molecule has 0 fully saturated rings. The number of aryl methyl sites for hydroxylation is 1. The van der Waals surface area contributed by atoms with Gasteiger partial charge in [0.1, 0.15) is 5.75 Å². The van der Waals surface area contributed by atoms with Crippen LogP contribution >= 0.6 is 0 Å². The van der Waals surface area contributed by atoms with E-state index in [9.17, 15) is 9.59 Å². The number of ether oxygens (including phenoxy) is 1. The highest BCUT2D eigenvalue weighted by molar-refractivity contribution is 6.38. The van der Waals surface area contributed by atoms with Crippen molar-refractivity contribution in [2.75, 3.05) is 7.11 Å². The second-order valence-corrected chi connectivity index (χ2v) is 4.62. The summed E-state index contributed by atoms with van der Waals surface area (Å²) in [7, 11) is 1.63. The number of benzene rings is 1. The molecule has 0 aliphatic rings. The van der Waals surface area contributed by atoms with Gasteiger partial charge in [0, 0.05) is 12.3 Å². The molecule has 1 rings (SSSR count). The molecule has 18 heavy (non-hydrogen) atoms. The Balaban J connectivity index is 2.86. The second-order valence-electron chi connectivity index (χ2n) is 4.62. The minimum absolute atomic E-state index is 0.175. The van der Waals surface area contributed by atoms with Crippen LogP contribution in [0.5, 0.6) is 5.75 Å². The van der Waals surface area contributed by atoms with Crippen LogP contribution in [0.15, 0.2) is 18.2 Å². The van der Waals surface area contributed by atoms with E-state index >= 15 is 0 Å². The van der Waals surface area contributed by atoms with Gasteiger partial charge in [-0.3, -0.25) is 9.59 Å². The molecule has 0 radical (unpaired) electrons. The molecule has 0 spiro atoms. The van der Waals surface area contributed by atoms with Crippen LogP contribution in [0.2, 0.25) is 0 Å². The van der Waals surface area contributed by atoms with E-state index in [0.29, 0.717) is 0 Å². The zero-order chi connectivity index (χ0) is 13.7. The molecule has 0 N–H and O–H groups in total. The summed E-state index contributed by atoms with van der Waals surface area (Å²) in [5.41, 5.74) is 1.92. The Morgan fingerprint density at radius 2 is 1.94 bits per heavy atom. The number of Topliss-reactive ketones (excluding diaryl/α,β-unsaturated/α-hetero) is 2. The summed E-state index contributed by atoms with van der Waals surface area (Å²) < 4.78 is 5.23. The fourth-order valence-corrected chi connectivity index (χ4v) is 1.81. The van der Waals surface area contributed by atoms with Crippen molar-refractivity contribution in [2.24, 2.45) is 5.92 Å². The SMILES string of the molecule is CCc1cc(CC(=O)C(=O)C(C)C)ccc1OC. The highest BCUT2D eigenvalue weighted by Crippen LogP contribution is 2.20. The highest BCUT2D eigenvalue weighted by Gasteiger charge is 2.18. The van der Waals surface area contributed by atoms with E-state index < -0.39 is 0 Å². The first kappa shape index (κ1) is 14.4. The van der Waals surface area contributed by atoms with Gasteiger partial charge in [-0.25, -0.2) is 0 Å². The van der Waals surface area contributed by atoms with E-state index in [1.807, 2.05) is 25.1 Å². The molecular formula is C15H20O3. The fourth-order valence-electron chi connectivity index (χ4n) is 1.81. The molecule has 0 atom stereocenters. The molecule has 3 heteroatoms. The Labute approximate surface area is 108 Å². The van der Waals surface area contributed by atoms with Gasteiger partial charge in [-0.1, -0.05) is 32.9 Å². The molecule has 98 valence electrons. The normalized spacial score (nSPS) is 10.5. The van der Waals surface area contributed by atoms with E-state index in [-0.39, 0.29) is 23.9 Å². The van der Waals surface area contributed by atoms with Gasteiger partial charge < -0.3 is 4.74 Å². The highest BCUT2D eigenvalue weighted by atomic mass is 16.5. The standard InChI is InChI=1S/C15H20O3/c1-5-12-8-11(6-7-14(12)18-4)9-13(16)15(17)10(2)3/h6-8,10H,5,9H2,1-4H3. The molecule has 3 nitrogen and oxygen atoms in total. The van der Waals surface area contributed by atoms with Gasteiger partial charge in [0.2, 0.25) is 11.6 Å². The second kappa shape index (κ2) is 6.34. The van der Waals surface area contributed by atoms with Crippen LogP contribution in [-0.2, 0) is 22.4 Å². The molecule has 0 saturated carbocycles. The van der Waals surface area contributed by atoms with Crippen LogP contribution < -0.4 is 4.74 Å². The minimum Gasteiger partial charge on any atom is -0.496 e.